The van der Waals surface area contributed by atoms with Gasteiger partial charge in [0.05, 0.1) is 11.1 Å². The zero-order valence-corrected chi connectivity index (χ0v) is 11.6. The zero-order valence-electron chi connectivity index (χ0n) is 11.6. The summed E-state index contributed by atoms with van der Waals surface area (Å²) in [7, 11) is 0. The molecule has 1 atom stereocenters. The first-order valence-electron chi connectivity index (χ1n) is 6.67. The molecule has 7 nitrogen and oxygen atoms in total. The van der Waals surface area contributed by atoms with Gasteiger partial charge in [-0.1, -0.05) is 6.07 Å². The number of nitrogens with one attached hydrogen (secondary N) is 1. The number of nitrogens with zero attached hydrogens (tertiary/aromatic N) is 1. The minimum Gasteiger partial charge on any atom is -0.481 e. The Bertz CT molecular complexity index is 603. The number of fused-ring (bicyclic) bond motifs is 1. The van der Waals surface area contributed by atoms with Gasteiger partial charge in [-0.2, -0.15) is 0 Å². The highest BCUT2D eigenvalue weighted by atomic mass is 16.7. The van der Waals surface area contributed by atoms with E-state index in [9.17, 15) is 14.7 Å². The number of carboxylic acid groups (broad SMARTS) is 1. The second-order valence-corrected chi connectivity index (χ2v) is 5.51. The lowest BCUT2D eigenvalue weighted by atomic mass is 9.90. The Balaban J connectivity index is 1.71. The third kappa shape index (κ3) is 2.35. The fourth-order valence-electron chi connectivity index (χ4n) is 2.53. The molecule has 0 saturated carbocycles. The van der Waals surface area contributed by atoms with Crippen LogP contribution in [0.25, 0.3) is 0 Å². The maximum atomic E-state index is 12.3. The zero-order chi connectivity index (χ0) is 15.0. The summed E-state index contributed by atoms with van der Waals surface area (Å²) in [5.74, 6) is 0.214. The number of hydrogen-bond acceptors (Lipinski definition) is 4. The molecule has 0 aromatic heterocycles. The Morgan fingerprint density at radius 2 is 2.19 bits per heavy atom. The molecule has 21 heavy (non-hydrogen) atoms. The molecule has 1 saturated heterocycles. The Hall–Kier alpha value is -2.44. The molecule has 0 radical (unpaired) electrons. The van der Waals surface area contributed by atoms with Crippen molar-refractivity contribution in [1.29, 1.82) is 0 Å². The molecular formula is C14H16N2O5. The Morgan fingerprint density at radius 1 is 1.38 bits per heavy atom. The SMILES string of the molecule is CC1(C(=O)O)CCN(C(=O)Nc2cccc3c2OCO3)C1. The molecule has 1 unspecified atom stereocenters. The number of benzene rings is 1. The summed E-state index contributed by atoms with van der Waals surface area (Å²) in [6.45, 7) is 2.39. The van der Waals surface area contributed by atoms with Crippen molar-refractivity contribution in [2.24, 2.45) is 5.41 Å². The summed E-state index contributed by atoms with van der Waals surface area (Å²) in [6, 6.07) is 4.91. The summed E-state index contributed by atoms with van der Waals surface area (Å²) in [6.07, 6.45) is 0.447. The van der Waals surface area contributed by atoms with Gasteiger partial charge in [-0.15, -0.1) is 0 Å². The maximum Gasteiger partial charge on any atom is 0.321 e. The van der Waals surface area contributed by atoms with Gasteiger partial charge in [0.25, 0.3) is 0 Å². The van der Waals surface area contributed by atoms with Crippen LogP contribution in [-0.2, 0) is 4.79 Å². The minimum atomic E-state index is -0.880. The fourth-order valence-corrected chi connectivity index (χ4v) is 2.53. The highest BCUT2D eigenvalue weighted by molar-refractivity contribution is 5.92. The number of hydrogen-bond donors (Lipinski definition) is 2. The molecule has 1 fully saturated rings. The molecular weight excluding hydrogens is 276 g/mol. The van der Waals surface area contributed by atoms with E-state index >= 15 is 0 Å². The molecule has 1 aromatic rings. The maximum absolute atomic E-state index is 12.3. The number of carbonyl (C=O) groups is 2. The van der Waals surface area contributed by atoms with Gasteiger partial charge < -0.3 is 24.8 Å². The Kier molecular flexibility index (Phi) is 3.12. The van der Waals surface area contributed by atoms with Crippen LogP contribution in [0.5, 0.6) is 11.5 Å². The third-order valence-corrected chi connectivity index (χ3v) is 3.92. The molecule has 2 aliphatic rings. The fraction of sp³-hybridized carbons (Fsp3) is 0.429. The van der Waals surface area contributed by atoms with Crippen molar-refractivity contribution >= 4 is 17.7 Å². The summed E-state index contributed by atoms with van der Waals surface area (Å²) in [4.78, 5) is 25.0. The van der Waals surface area contributed by atoms with Crippen molar-refractivity contribution in [3.63, 3.8) is 0 Å². The largest absolute Gasteiger partial charge is 0.481 e. The minimum absolute atomic E-state index is 0.128. The number of para-hydroxylation sites is 1. The van der Waals surface area contributed by atoms with E-state index in [1.165, 1.54) is 4.90 Å². The standard InChI is InChI=1S/C14H16N2O5/c1-14(12(17)18)5-6-16(7-14)13(19)15-9-3-2-4-10-11(9)21-8-20-10/h2-4H,5-8H2,1H3,(H,15,19)(H,17,18). The van der Waals surface area contributed by atoms with Crippen LogP contribution in [0.2, 0.25) is 0 Å². The van der Waals surface area contributed by atoms with Crippen LogP contribution < -0.4 is 14.8 Å². The molecule has 2 N–H and O–H groups in total. The number of ether oxygens (including phenoxy) is 2. The third-order valence-electron chi connectivity index (χ3n) is 3.92. The van der Waals surface area contributed by atoms with Crippen LogP contribution in [0.4, 0.5) is 10.5 Å². The molecule has 1 aromatic carbocycles. The molecule has 112 valence electrons. The lowest BCUT2D eigenvalue weighted by Gasteiger charge is -2.20. The average molecular weight is 292 g/mol. The number of carboxylic acids is 1. The van der Waals surface area contributed by atoms with Gasteiger partial charge in [-0.3, -0.25) is 4.79 Å². The van der Waals surface area contributed by atoms with E-state index in [0.717, 1.165) is 0 Å². The number of rotatable bonds is 2. The first-order chi connectivity index (χ1) is 9.99. The smallest absolute Gasteiger partial charge is 0.321 e. The van der Waals surface area contributed by atoms with E-state index in [2.05, 4.69) is 5.32 Å². The van der Waals surface area contributed by atoms with E-state index in [4.69, 9.17) is 9.47 Å². The van der Waals surface area contributed by atoms with Gasteiger partial charge in [0.1, 0.15) is 0 Å². The first kappa shape index (κ1) is 13.5. The predicted octanol–water partition coefficient (Wildman–Crippen LogP) is 1.74. The lowest BCUT2D eigenvalue weighted by molar-refractivity contribution is -0.146. The van der Waals surface area contributed by atoms with Crippen LogP contribution in [-0.4, -0.2) is 41.9 Å². The van der Waals surface area contributed by atoms with Crippen molar-refractivity contribution in [3.05, 3.63) is 18.2 Å². The topological polar surface area (TPSA) is 88.1 Å². The monoisotopic (exact) mass is 292 g/mol. The number of amides is 2. The molecule has 0 bridgehead atoms. The van der Waals surface area contributed by atoms with E-state index in [1.54, 1.807) is 25.1 Å². The number of urea groups is 1. The molecule has 2 amide bonds. The van der Waals surface area contributed by atoms with E-state index in [0.29, 0.717) is 30.2 Å². The molecule has 7 heteroatoms. The summed E-state index contributed by atoms with van der Waals surface area (Å²) >= 11 is 0. The second kappa shape index (κ2) is 4.83. The average Bonchev–Trinajstić information content (AvgIpc) is 3.06. The summed E-state index contributed by atoms with van der Waals surface area (Å²) in [5, 5.41) is 11.9. The van der Waals surface area contributed by atoms with E-state index < -0.39 is 11.4 Å². The van der Waals surface area contributed by atoms with Crippen LogP contribution >= 0.6 is 0 Å². The summed E-state index contributed by atoms with van der Waals surface area (Å²) in [5.41, 5.74) is -0.353. The van der Waals surface area contributed by atoms with Gasteiger partial charge in [0.2, 0.25) is 6.79 Å². The van der Waals surface area contributed by atoms with Crippen LogP contribution in [0.1, 0.15) is 13.3 Å². The molecule has 3 rings (SSSR count). The van der Waals surface area contributed by atoms with Crippen LogP contribution in [0.3, 0.4) is 0 Å². The first-order valence-corrected chi connectivity index (χ1v) is 6.67. The summed E-state index contributed by atoms with van der Waals surface area (Å²) < 4.78 is 10.6. The number of anilines is 1. The van der Waals surface area contributed by atoms with Gasteiger partial charge in [-0.25, -0.2) is 4.79 Å². The van der Waals surface area contributed by atoms with E-state index in [-0.39, 0.29) is 19.4 Å². The van der Waals surface area contributed by atoms with Gasteiger partial charge in [-0.05, 0) is 25.5 Å². The van der Waals surface area contributed by atoms with Crippen molar-refractivity contribution in [2.75, 3.05) is 25.2 Å². The number of carbonyl (C=O) groups excluding carboxylic acids is 1. The van der Waals surface area contributed by atoms with Gasteiger partial charge in [0.15, 0.2) is 11.5 Å². The number of likely N-dealkylation sites (tertiary alicyclic amines) is 1. The van der Waals surface area contributed by atoms with Crippen molar-refractivity contribution < 1.29 is 24.2 Å². The van der Waals surface area contributed by atoms with Gasteiger partial charge >= 0.3 is 12.0 Å². The van der Waals surface area contributed by atoms with Crippen LogP contribution in [0.15, 0.2) is 18.2 Å². The Labute approximate surface area is 121 Å². The Morgan fingerprint density at radius 3 is 2.90 bits per heavy atom. The lowest BCUT2D eigenvalue weighted by Crippen LogP contribution is -2.37. The normalized spacial score (nSPS) is 23.2. The van der Waals surface area contributed by atoms with Crippen LogP contribution in [0, 0.1) is 5.41 Å². The molecule has 0 aliphatic carbocycles. The highest BCUT2D eigenvalue weighted by Crippen LogP contribution is 2.39. The second-order valence-electron chi connectivity index (χ2n) is 5.51. The molecule has 0 spiro atoms. The van der Waals surface area contributed by atoms with Crippen molar-refractivity contribution in [2.45, 2.75) is 13.3 Å². The highest BCUT2D eigenvalue weighted by Gasteiger charge is 2.42. The predicted molar refractivity (Wildman–Crippen MR) is 73.5 cm³/mol. The van der Waals surface area contributed by atoms with Gasteiger partial charge in [0, 0.05) is 13.1 Å². The van der Waals surface area contributed by atoms with E-state index in [1.807, 2.05) is 0 Å². The number of aliphatic carboxylic acids is 1. The molecule has 2 heterocycles. The van der Waals surface area contributed by atoms with Crippen molar-refractivity contribution in [3.8, 4) is 11.5 Å². The molecule has 2 aliphatic heterocycles. The quantitative estimate of drug-likeness (QED) is 0.867. The van der Waals surface area contributed by atoms with Crippen molar-refractivity contribution in [1.82, 2.24) is 4.90 Å².